The molecule has 3 aromatic heterocycles. The third-order valence-corrected chi connectivity index (χ3v) is 6.54. The Morgan fingerprint density at radius 2 is 1.79 bits per heavy atom. The number of anilines is 3. The van der Waals surface area contributed by atoms with Crippen molar-refractivity contribution >= 4 is 28.2 Å². The van der Waals surface area contributed by atoms with Gasteiger partial charge in [0.05, 0.1) is 23.9 Å². The van der Waals surface area contributed by atoms with Crippen LogP contribution >= 0.6 is 0 Å². The van der Waals surface area contributed by atoms with E-state index in [-0.39, 0.29) is 0 Å². The van der Waals surface area contributed by atoms with Crippen molar-refractivity contribution in [3.05, 3.63) is 66.6 Å². The first-order valence-corrected chi connectivity index (χ1v) is 11.7. The molecule has 0 bridgehead atoms. The lowest BCUT2D eigenvalue weighted by molar-refractivity contribution is 0.00792. The Morgan fingerprint density at radius 1 is 0.941 bits per heavy atom. The largest absolute Gasteiger partial charge is 0.390 e. The summed E-state index contributed by atoms with van der Waals surface area (Å²) in [7, 11) is 0. The van der Waals surface area contributed by atoms with E-state index in [4.69, 9.17) is 9.97 Å². The molecule has 1 aliphatic carbocycles. The normalized spacial score (nSPS) is 20.5. The molecule has 8 nitrogen and oxygen atoms in total. The van der Waals surface area contributed by atoms with Crippen LogP contribution < -0.4 is 10.2 Å². The van der Waals surface area contributed by atoms with Crippen LogP contribution in [0.2, 0.25) is 0 Å². The van der Waals surface area contributed by atoms with Gasteiger partial charge in [-0.3, -0.25) is 4.98 Å². The van der Waals surface area contributed by atoms with Gasteiger partial charge in [0.2, 0.25) is 0 Å². The van der Waals surface area contributed by atoms with E-state index in [2.05, 4.69) is 20.2 Å². The fourth-order valence-corrected chi connectivity index (χ4v) is 4.57. The number of β-amino-alcohol motifs (C(OH)–C–C–N with tert-alkyl or cyclic N) is 1. The van der Waals surface area contributed by atoms with Gasteiger partial charge in [-0.2, -0.15) is 0 Å². The molecule has 6 rings (SSSR count). The number of piperidine rings is 1. The van der Waals surface area contributed by atoms with Crippen molar-refractivity contribution in [2.24, 2.45) is 0 Å². The van der Waals surface area contributed by atoms with Gasteiger partial charge in [-0.25, -0.2) is 15.0 Å². The number of aliphatic hydroxyl groups excluding tert-OH is 2. The summed E-state index contributed by atoms with van der Waals surface area (Å²) < 4.78 is 0. The number of nitrogens with one attached hydrogen (secondary N) is 1. The lowest BCUT2D eigenvalue weighted by atomic mass is 10.0. The fraction of sp³-hybridized carbons (Fsp3) is 0.308. The van der Waals surface area contributed by atoms with E-state index < -0.39 is 12.2 Å². The predicted octanol–water partition coefficient (Wildman–Crippen LogP) is 3.64. The average Bonchev–Trinajstić information content (AvgIpc) is 3.71. The summed E-state index contributed by atoms with van der Waals surface area (Å²) in [5.74, 6) is 2.56. The summed E-state index contributed by atoms with van der Waals surface area (Å²) in [5, 5.41) is 24.8. The highest BCUT2D eigenvalue weighted by Crippen LogP contribution is 2.45. The minimum absolute atomic E-state index is 0.330. The highest BCUT2D eigenvalue weighted by molar-refractivity contribution is 5.94. The lowest BCUT2D eigenvalue weighted by Gasteiger charge is -2.35. The molecule has 3 N–H and O–H groups in total. The van der Waals surface area contributed by atoms with Gasteiger partial charge in [0, 0.05) is 42.1 Å². The van der Waals surface area contributed by atoms with E-state index in [1.165, 1.54) is 5.56 Å². The van der Waals surface area contributed by atoms with Crippen LogP contribution in [0.3, 0.4) is 0 Å². The van der Waals surface area contributed by atoms with Crippen LogP contribution in [0.5, 0.6) is 0 Å². The monoisotopic (exact) mass is 454 g/mol. The van der Waals surface area contributed by atoms with E-state index >= 15 is 0 Å². The van der Waals surface area contributed by atoms with E-state index in [0.717, 1.165) is 40.8 Å². The lowest BCUT2D eigenvalue weighted by Crippen LogP contribution is -2.47. The second-order valence-electron chi connectivity index (χ2n) is 9.06. The Morgan fingerprint density at radius 3 is 2.59 bits per heavy atom. The molecular formula is C26H26N6O2. The van der Waals surface area contributed by atoms with Crippen molar-refractivity contribution in [2.45, 2.75) is 37.4 Å². The zero-order chi connectivity index (χ0) is 23.1. The SMILES string of the molecule is O[C@H]1CCN(c2nc(-c3ccnc(Nc4ccccc4)c3)nc3cncc(C4CC4)c23)C[C@@H]1O. The molecule has 1 aliphatic heterocycles. The molecule has 2 atom stereocenters. The van der Waals surface area contributed by atoms with Crippen LogP contribution in [-0.2, 0) is 0 Å². The third kappa shape index (κ3) is 4.06. The van der Waals surface area contributed by atoms with Gasteiger partial charge in [-0.05, 0) is 55.0 Å². The van der Waals surface area contributed by atoms with Gasteiger partial charge in [-0.1, -0.05) is 18.2 Å². The van der Waals surface area contributed by atoms with E-state index in [0.29, 0.717) is 37.1 Å². The number of aromatic nitrogens is 4. The Bertz CT molecular complexity index is 1330. The average molecular weight is 455 g/mol. The summed E-state index contributed by atoms with van der Waals surface area (Å²) in [6.07, 6.45) is 6.71. The van der Waals surface area contributed by atoms with Gasteiger partial charge in [0.25, 0.3) is 0 Å². The van der Waals surface area contributed by atoms with Crippen molar-refractivity contribution < 1.29 is 10.2 Å². The van der Waals surface area contributed by atoms with Crippen molar-refractivity contribution in [3.8, 4) is 11.4 Å². The Balaban J connectivity index is 1.44. The molecule has 0 spiro atoms. The maximum absolute atomic E-state index is 10.4. The molecular weight excluding hydrogens is 428 g/mol. The van der Waals surface area contributed by atoms with Gasteiger partial charge in [0.1, 0.15) is 11.6 Å². The first kappa shape index (κ1) is 20.9. The van der Waals surface area contributed by atoms with E-state index in [1.807, 2.05) is 48.7 Å². The third-order valence-electron chi connectivity index (χ3n) is 6.54. The van der Waals surface area contributed by atoms with Crippen LogP contribution in [0.4, 0.5) is 17.3 Å². The zero-order valence-corrected chi connectivity index (χ0v) is 18.7. The molecule has 172 valence electrons. The molecule has 1 saturated carbocycles. The first-order valence-electron chi connectivity index (χ1n) is 11.7. The van der Waals surface area contributed by atoms with Gasteiger partial charge >= 0.3 is 0 Å². The summed E-state index contributed by atoms with van der Waals surface area (Å²) in [4.78, 5) is 20.9. The molecule has 2 fully saturated rings. The fourth-order valence-electron chi connectivity index (χ4n) is 4.57. The molecule has 0 radical (unpaired) electrons. The second kappa shape index (κ2) is 8.62. The molecule has 1 aromatic carbocycles. The maximum atomic E-state index is 10.4. The zero-order valence-electron chi connectivity index (χ0n) is 18.7. The number of rotatable bonds is 5. The number of hydrogen-bond acceptors (Lipinski definition) is 8. The highest BCUT2D eigenvalue weighted by Gasteiger charge is 2.32. The van der Waals surface area contributed by atoms with Crippen LogP contribution in [0.1, 0.15) is 30.7 Å². The van der Waals surface area contributed by atoms with Crippen LogP contribution in [0.25, 0.3) is 22.3 Å². The number of pyridine rings is 2. The molecule has 1 saturated heterocycles. The molecule has 34 heavy (non-hydrogen) atoms. The number of aliphatic hydroxyl groups is 2. The molecule has 8 heteroatoms. The number of benzene rings is 1. The Hall–Kier alpha value is -3.62. The second-order valence-corrected chi connectivity index (χ2v) is 9.06. The van der Waals surface area contributed by atoms with Crippen molar-refractivity contribution in [2.75, 3.05) is 23.3 Å². The highest BCUT2D eigenvalue weighted by atomic mass is 16.3. The van der Waals surface area contributed by atoms with Crippen LogP contribution in [-0.4, -0.2) is 55.4 Å². The topological polar surface area (TPSA) is 107 Å². The van der Waals surface area contributed by atoms with Crippen molar-refractivity contribution in [1.29, 1.82) is 0 Å². The minimum atomic E-state index is -0.809. The minimum Gasteiger partial charge on any atom is -0.390 e. The number of hydrogen-bond donors (Lipinski definition) is 3. The number of nitrogens with zero attached hydrogens (tertiary/aromatic N) is 5. The first-order chi connectivity index (χ1) is 16.7. The maximum Gasteiger partial charge on any atom is 0.162 e. The Kier molecular flexibility index (Phi) is 5.31. The molecule has 0 unspecified atom stereocenters. The van der Waals surface area contributed by atoms with Gasteiger partial charge < -0.3 is 20.4 Å². The summed E-state index contributed by atoms with van der Waals surface area (Å²) in [6.45, 7) is 0.948. The van der Waals surface area contributed by atoms with Gasteiger partial charge in [-0.15, -0.1) is 0 Å². The summed E-state index contributed by atoms with van der Waals surface area (Å²) >= 11 is 0. The standard InChI is InChI=1S/C26H26N6O2/c33-21-9-11-32(15-22(21)34)26-24-19(16-6-7-16)13-27-14-20(24)30-25(31-26)17-8-10-28-23(12-17)29-18-4-2-1-3-5-18/h1-5,8,10,12-14,16,21-22,33-34H,6-7,9,11,15H2,(H,28,29)/t21-,22-/m0/s1. The smallest absolute Gasteiger partial charge is 0.162 e. The molecule has 0 amide bonds. The molecule has 2 aliphatic rings. The van der Waals surface area contributed by atoms with E-state index in [9.17, 15) is 10.2 Å². The summed E-state index contributed by atoms with van der Waals surface area (Å²) in [5.41, 5.74) is 3.75. The number of fused-ring (bicyclic) bond motifs is 1. The van der Waals surface area contributed by atoms with E-state index in [1.54, 1.807) is 12.4 Å². The quantitative estimate of drug-likeness (QED) is 0.420. The summed E-state index contributed by atoms with van der Waals surface area (Å²) in [6, 6.07) is 13.7. The predicted molar refractivity (Wildman–Crippen MR) is 131 cm³/mol. The van der Waals surface area contributed by atoms with Crippen LogP contribution in [0.15, 0.2) is 61.1 Å². The van der Waals surface area contributed by atoms with Crippen LogP contribution in [0, 0.1) is 0 Å². The molecule has 4 aromatic rings. The van der Waals surface area contributed by atoms with Gasteiger partial charge in [0.15, 0.2) is 5.82 Å². The number of para-hydroxylation sites is 1. The van der Waals surface area contributed by atoms with Crippen molar-refractivity contribution in [3.63, 3.8) is 0 Å². The Labute approximate surface area is 197 Å². The molecule has 4 heterocycles. The van der Waals surface area contributed by atoms with Crippen molar-refractivity contribution in [1.82, 2.24) is 19.9 Å².